The van der Waals surface area contributed by atoms with Gasteiger partial charge in [-0.2, -0.15) is 4.31 Å². The molecule has 0 spiro atoms. The van der Waals surface area contributed by atoms with Crippen LogP contribution in [0, 0.1) is 0 Å². The molecule has 0 aromatic carbocycles. The lowest BCUT2D eigenvalue weighted by Crippen LogP contribution is -2.49. The number of sulfonamides is 1. The molecular formula is C13H18ClN5O2S. The van der Waals surface area contributed by atoms with Crippen molar-refractivity contribution in [1.29, 1.82) is 0 Å². The molecular weight excluding hydrogens is 326 g/mol. The summed E-state index contributed by atoms with van der Waals surface area (Å²) in [6.45, 7) is 1.58. The van der Waals surface area contributed by atoms with E-state index in [9.17, 15) is 8.42 Å². The summed E-state index contributed by atoms with van der Waals surface area (Å²) >= 11 is 0. The molecule has 1 aliphatic rings. The number of imidazole rings is 1. The zero-order valence-corrected chi connectivity index (χ0v) is 13.7. The van der Waals surface area contributed by atoms with Crippen LogP contribution in [0.4, 0.5) is 0 Å². The van der Waals surface area contributed by atoms with Crippen molar-refractivity contribution in [3.8, 4) is 0 Å². The number of aryl methyl sites for hydroxylation is 1. The smallest absolute Gasteiger partial charge is 0.245 e. The number of rotatable bonds is 3. The molecule has 2 aromatic rings. The number of pyridine rings is 1. The van der Waals surface area contributed by atoms with E-state index in [0.717, 1.165) is 5.82 Å². The summed E-state index contributed by atoms with van der Waals surface area (Å²) in [6.07, 6.45) is 6.44. The third-order valence-electron chi connectivity index (χ3n) is 3.59. The van der Waals surface area contributed by atoms with Gasteiger partial charge in [-0.25, -0.2) is 13.4 Å². The van der Waals surface area contributed by atoms with Gasteiger partial charge in [-0.15, -0.1) is 12.4 Å². The number of nitrogens with zero attached hydrogens (tertiary/aromatic N) is 4. The van der Waals surface area contributed by atoms with Gasteiger partial charge in [-0.05, 0) is 12.1 Å². The van der Waals surface area contributed by atoms with E-state index in [0.29, 0.717) is 19.6 Å². The van der Waals surface area contributed by atoms with Crippen LogP contribution < -0.4 is 5.32 Å². The van der Waals surface area contributed by atoms with Crippen LogP contribution in [0.15, 0.2) is 41.8 Å². The quantitative estimate of drug-likeness (QED) is 0.881. The van der Waals surface area contributed by atoms with Crippen molar-refractivity contribution in [3.05, 3.63) is 42.7 Å². The molecule has 0 saturated carbocycles. The molecule has 1 unspecified atom stereocenters. The van der Waals surface area contributed by atoms with Gasteiger partial charge in [0.25, 0.3) is 0 Å². The number of aromatic nitrogens is 3. The minimum absolute atomic E-state index is 0. The van der Waals surface area contributed by atoms with E-state index in [1.165, 1.54) is 10.5 Å². The number of hydrogen-bond acceptors (Lipinski definition) is 5. The Hall–Kier alpha value is -1.48. The van der Waals surface area contributed by atoms with E-state index >= 15 is 0 Å². The molecule has 0 bridgehead atoms. The van der Waals surface area contributed by atoms with Crippen LogP contribution in [-0.2, 0) is 17.1 Å². The van der Waals surface area contributed by atoms with E-state index in [1.807, 2.05) is 17.8 Å². The molecule has 1 atom stereocenters. The third kappa shape index (κ3) is 3.00. The highest BCUT2D eigenvalue weighted by atomic mass is 35.5. The van der Waals surface area contributed by atoms with E-state index in [-0.39, 0.29) is 23.3 Å². The van der Waals surface area contributed by atoms with Gasteiger partial charge in [0.05, 0.1) is 6.04 Å². The molecule has 1 aliphatic heterocycles. The zero-order chi connectivity index (χ0) is 14.9. The highest BCUT2D eigenvalue weighted by Gasteiger charge is 2.36. The van der Waals surface area contributed by atoms with Crippen molar-refractivity contribution in [2.24, 2.45) is 7.05 Å². The van der Waals surface area contributed by atoms with Crippen molar-refractivity contribution in [2.75, 3.05) is 19.6 Å². The minimum atomic E-state index is -3.58. The maximum Gasteiger partial charge on any atom is 0.245 e. The summed E-state index contributed by atoms with van der Waals surface area (Å²) in [6, 6.07) is 2.88. The van der Waals surface area contributed by atoms with Gasteiger partial charge in [-0.3, -0.25) is 4.98 Å². The number of piperazine rings is 1. The molecule has 1 fully saturated rings. The fraction of sp³-hybridized carbons (Fsp3) is 0.385. The van der Waals surface area contributed by atoms with Crippen LogP contribution in [0.25, 0.3) is 0 Å². The third-order valence-corrected chi connectivity index (χ3v) is 5.48. The Morgan fingerprint density at radius 2 is 2.18 bits per heavy atom. The van der Waals surface area contributed by atoms with E-state index in [4.69, 9.17) is 0 Å². The molecule has 7 nitrogen and oxygen atoms in total. The molecule has 9 heteroatoms. The Balaban J connectivity index is 0.00000176. The molecule has 22 heavy (non-hydrogen) atoms. The molecule has 3 rings (SSSR count). The predicted octanol–water partition coefficient (Wildman–Crippen LogP) is 0.572. The topological polar surface area (TPSA) is 80.1 Å². The first-order chi connectivity index (χ1) is 10.1. The van der Waals surface area contributed by atoms with Crippen molar-refractivity contribution >= 4 is 22.4 Å². The summed E-state index contributed by atoms with van der Waals surface area (Å²) < 4.78 is 29.0. The summed E-state index contributed by atoms with van der Waals surface area (Å²) in [4.78, 5) is 8.42. The lowest BCUT2D eigenvalue weighted by molar-refractivity contribution is 0.258. The van der Waals surface area contributed by atoms with Crippen molar-refractivity contribution in [1.82, 2.24) is 24.2 Å². The number of nitrogens with one attached hydrogen (secondary N) is 1. The Bertz CT molecular complexity index is 719. The monoisotopic (exact) mass is 343 g/mol. The molecule has 3 heterocycles. The summed E-state index contributed by atoms with van der Waals surface area (Å²) in [7, 11) is -1.71. The molecule has 0 radical (unpaired) electrons. The Morgan fingerprint density at radius 1 is 1.36 bits per heavy atom. The van der Waals surface area contributed by atoms with Crippen LogP contribution >= 0.6 is 12.4 Å². The van der Waals surface area contributed by atoms with Gasteiger partial charge in [0.2, 0.25) is 10.0 Å². The van der Waals surface area contributed by atoms with Crippen LogP contribution in [-0.4, -0.2) is 46.9 Å². The normalized spacial score (nSPS) is 19.6. The van der Waals surface area contributed by atoms with Gasteiger partial charge in [-0.1, -0.05) is 0 Å². The highest BCUT2D eigenvalue weighted by Crippen LogP contribution is 2.27. The van der Waals surface area contributed by atoms with Crippen LogP contribution in [0.3, 0.4) is 0 Å². The van der Waals surface area contributed by atoms with Gasteiger partial charge in [0.15, 0.2) is 0 Å². The first-order valence-electron chi connectivity index (χ1n) is 6.70. The van der Waals surface area contributed by atoms with E-state index < -0.39 is 10.0 Å². The van der Waals surface area contributed by atoms with E-state index in [1.54, 1.807) is 24.5 Å². The van der Waals surface area contributed by atoms with Crippen LogP contribution in [0.1, 0.15) is 11.9 Å². The van der Waals surface area contributed by atoms with Crippen molar-refractivity contribution < 1.29 is 8.42 Å². The average molecular weight is 344 g/mol. The minimum Gasteiger partial charge on any atom is -0.337 e. The molecule has 0 aliphatic carbocycles. The molecule has 1 N–H and O–H groups in total. The summed E-state index contributed by atoms with van der Waals surface area (Å²) in [5, 5.41) is 3.23. The zero-order valence-electron chi connectivity index (χ0n) is 12.1. The van der Waals surface area contributed by atoms with Gasteiger partial charge in [0.1, 0.15) is 10.7 Å². The molecule has 0 amide bonds. The molecule has 120 valence electrons. The number of halogens is 1. The second kappa shape index (κ2) is 6.74. The van der Waals surface area contributed by atoms with Crippen LogP contribution in [0.2, 0.25) is 0 Å². The van der Waals surface area contributed by atoms with Crippen molar-refractivity contribution in [2.45, 2.75) is 10.9 Å². The second-order valence-corrected chi connectivity index (χ2v) is 6.81. The van der Waals surface area contributed by atoms with Gasteiger partial charge >= 0.3 is 0 Å². The first kappa shape index (κ1) is 16.9. The SMILES string of the molecule is Cl.Cn1ccnc1C1CNCCN1S(=O)(=O)c1cccnc1. The summed E-state index contributed by atoms with van der Waals surface area (Å²) in [5.41, 5.74) is 0. The Kier molecular flexibility index (Phi) is 5.17. The maximum atomic E-state index is 12.8. The fourth-order valence-electron chi connectivity index (χ4n) is 2.53. The maximum absolute atomic E-state index is 12.8. The van der Waals surface area contributed by atoms with Gasteiger partial charge in [0, 0.05) is 51.5 Å². The Labute approximate surface area is 135 Å². The standard InChI is InChI=1S/C13H17N5O2S.ClH/c1-17-7-6-16-13(17)12-10-15-5-8-18(12)21(19,20)11-3-2-4-14-9-11;/h2-4,6-7,9,12,15H,5,8,10H2,1H3;1H. The van der Waals surface area contributed by atoms with Gasteiger partial charge < -0.3 is 9.88 Å². The van der Waals surface area contributed by atoms with Crippen LogP contribution in [0.5, 0.6) is 0 Å². The van der Waals surface area contributed by atoms with E-state index in [2.05, 4.69) is 15.3 Å². The van der Waals surface area contributed by atoms with Crippen molar-refractivity contribution in [3.63, 3.8) is 0 Å². The Morgan fingerprint density at radius 3 is 2.82 bits per heavy atom. The highest BCUT2D eigenvalue weighted by molar-refractivity contribution is 7.89. The predicted molar refractivity (Wildman–Crippen MR) is 84.2 cm³/mol. The summed E-state index contributed by atoms with van der Waals surface area (Å²) in [5.74, 6) is 0.731. The largest absolute Gasteiger partial charge is 0.337 e. The lowest BCUT2D eigenvalue weighted by Gasteiger charge is -2.34. The second-order valence-electron chi connectivity index (χ2n) is 4.92. The molecule has 2 aromatic heterocycles. The molecule has 1 saturated heterocycles. The lowest BCUT2D eigenvalue weighted by atomic mass is 10.2. The first-order valence-corrected chi connectivity index (χ1v) is 8.14. The number of hydrogen-bond donors (Lipinski definition) is 1. The fourth-order valence-corrected chi connectivity index (χ4v) is 4.08. The average Bonchev–Trinajstić information content (AvgIpc) is 2.94.